The standard InChI is InChI=1S/C13H22ClN3O2S/c1-2-12-6-4-3-5-8-17(12)20(18,19)13-10-15-16(11-13)9-7-14/h10-12H,2-9H2,1H3. The van der Waals surface area contributed by atoms with E-state index in [-0.39, 0.29) is 10.9 Å². The van der Waals surface area contributed by atoms with Crippen LogP contribution in [-0.2, 0) is 16.6 Å². The zero-order chi connectivity index (χ0) is 14.6. The van der Waals surface area contributed by atoms with Crippen molar-refractivity contribution in [2.24, 2.45) is 0 Å². The van der Waals surface area contributed by atoms with Gasteiger partial charge in [0.25, 0.3) is 0 Å². The first kappa shape index (κ1) is 15.8. The van der Waals surface area contributed by atoms with Gasteiger partial charge in [0.1, 0.15) is 4.90 Å². The van der Waals surface area contributed by atoms with Gasteiger partial charge < -0.3 is 0 Å². The van der Waals surface area contributed by atoms with E-state index in [1.54, 1.807) is 15.2 Å². The summed E-state index contributed by atoms with van der Waals surface area (Å²) < 4.78 is 28.8. The average Bonchev–Trinajstić information content (AvgIpc) is 2.76. The zero-order valence-electron chi connectivity index (χ0n) is 11.8. The molecule has 1 saturated heterocycles. The predicted octanol–water partition coefficient (Wildman–Crippen LogP) is 2.47. The Hall–Kier alpha value is -0.590. The normalized spacial score (nSPS) is 21.8. The highest BCUT2D eigenvalue weighted by atomic mass is 35.5. The molecule has 0 aromatic carbocycles. The van der Waals surface area contributed by atoms with Gasteiger partial charge >= 0.3 is 0 Å². The number of alkyl halides is 1. The van der Waals surface area contributed by atoms with E-state index < -0.39 is 10.0 Å². The van der Waals surface area contributed by atoms with E-state index in [1.807, 2.05) is 0 Å². The Bertz CT molecular complexity index is 529. The Labute approximate surface area is 126 Å². The maximum atomic E-state index is 12.8. The highest BCUT2D eigenvalue weighted by molar-refractivity contribution is 7.89. The molecule has 0 saturated carbocycles. The van der Waals surface area contributed by atoms with Gasteiger partial charge in [-0.05, 0) is 19.3 Å². The van der Waals surface area contributed by atoms with E-state index in [9.17, 15) is 8.42 Å². The molecule has 1 unspecified atom stereocenters. The lowest BCUT2D eigenvalue weighted by Crippen LogP contribution is -2.39. The van der Waals surface area contributed by atoms with Crippen molar-refractivity contribution in [1.82, 2.24) is 14.1 Å². The summed E-state index contributed by atoms with van der Waals surface area (Å²) in [6.07, 6.45) is 7.96. The van der Waals surface area contributed by atoms with Crippen LogP contribution in [0.4, 0.5) is 0 Å². The van der Waals surface area contributed by atoms with Crippen molar-refractivity contribution in [3.05, 3.63) is 12.4 Å². The van der Waals surface area contributed by atoms with Gasteiger partial charge in [-0.25, -0.2) is 8.42 Å². The van der Waals surface area contributed by atoms with E-state index in [2.05, 4.69) is 12.0 Å². The zero-order valence-corrected chi connectivity index (χ0v) is 13.4. The van der Waals surface area contributed by atoms with Crippen LogP contribution >= 0.6 is 11.6 Å². The van der Waals surface area contributed by atoms with Crippen molar-refractivity contribution in [3.63, 3.8) is 0 Å². The van der Waals surface area contributed by atoms with Crippen LogP contribution in [0.15, 0.2) is 17.3 Å². The third-order valence-electron chi connectivity index (χ3n) is 3.82. The van der Waals surface area contributed by atoms with Crippen LogP contribution < -0.4 is 0 Å². The van der Waals surface area contributed by atoms with Gasteiger partial charge in [-0.2, -0.15) is 9.40 Å². The minimum absolute atomic E-state index is 0.110. The Morgan fingerprint density at radius 3 is 2.90 bits per heavy atom. The molecule has 1 aromatic rings. The summed E-state index contributed by atoms with van der Waals surface area (Å²) in [4.78, 5) is 0.281. The molecule has 0 N–H and O–H groups in total. The molecule has 0 radical (unpaired) electrons. The first-order chi connectivity index (χ1) is 9.59. The lowest BCUT2D eigenvalue weighted by Gasteiger charge is -2.27. The average molecular weight is 320 g/mol. The fourth-order valence-electron chi connectivity index (χ4n) is 2.70. The van der Waals surface area contributed by atoms with Crippen molar-refractivity contribution in [2.75, 3.05) is 12.4 Å². The Balaban J connectivity index is 2.26. The lowest BCUT2D eigenvalue weighted by atomic mass is 10.1. The van der Waals surface area contributed by atoms with E-state index in [4.69, 9.17) is 11.6 Å². The van der Waals surface area contributed by atoms with Crippen LogP contribution in [0, 0.1) is 0 Å². The largest absolute Gasteiger partial charge is 0.270 e. The second-order valence-electron chi connectivity index (χ2n) is 5.16. The summed E-state index contributed by atoms with van der Waals surface area (Å²) in [5.41, 5.74) is 0. The molecule has 1 atom stereocenters. The second-order valence-corrected chi connectivity index (χ2v) is 7.42. The molecule has 1 aliphatic heterocycles. The highest BCUT2D eigenvalue weighted by Gasteiger charge is 2.32. The molecule has 2 heterocycles. The summed E-state index contributed by atoms with van der Waals surface area (Å²) in [5.74, 6) is 0.419. The quantitative estimate of drug-likeness (QED) is 0.783. The van der Waals surface area contributed by atoms with Crippen molar-refractivity contribution in [1.29, 1.82) is 0 Å². The van der Waals surface area contributed by atoms with E-state index in [1.165, 1.54) is 6.20 Å². The summed E-state index contributed by atoms with van der Waals surface area (Å²) in [6.45, 7) is 3.19. The number of halogens is 1. The van der Waals surface area contributed by atoms with Gasteiger partial charge in [0.15, 0.2) is 0 Å². The lowest BCUT2D eigenvalue weighted by molar-refractivity contribution is 0.315. The van der Waals surface area contributed by atoms with Gasteiger partial charge in [-0.3, -0.25) is 4.68 Å². The maximum absolute atomic E-state index is 12.8. The summed E-state index contributed by atoms with van der Waals surface area (Å²) in [5, 5.41) is 4.07. The van der Waals surface area contributed by atoms with Gasteiger partial charge in [0.05, 0.1) is 12.7 Å². The minimum atomic E-state index is -3.44. The summed E-state index contributed by atoms with van der Waals surface area (Å²) in [7, 11) is -3.44. The van der Waals surface area contributed by atoms with Crippen LogP contribution in [0.25, 0.3) is 0 Å². The molecule has 1 aliphatic rings. The Morgan fingerprint density at radius 2 is 2.20 bits per heavy atom. The van der Waals surface area contributed by atoms with Crippen LogP contribution in [-0.4, -0.2) is 41.0 Å². The van der Waals surface area contributed by atoms with Gasteiger partial charge in [-0.15, -0.1) is 11.6 Å². The molecule has 5 nitrogen and oxygen atoms in total. The molecule has 0 amide bonds. The number of aromatic nitrogens is 2. The van der Waals surface area contributed by atoms with Crippen molar-refractivity contribution >= 4 is 21.6 Å². The molecule has 114 valence electrons. The third kappa shape index (κ3) is 3.35. The van der Waals surface area contributed by atoms with Gasteiger partial charge in [0.2, 0.25) is 10.0 Å². The molecule has 1 fully saturated rings. The number of hydrogen-bond acceptors (Lipinski definition) is 3. The fraction of sp³-hybridized carbons (Fsp3) is 0.769. The molecule has 2 rings (SSSR count). The number of aryl methyl sites for hydroxylation is 1. The first-order valence-electron chi connectivity index (χ1n) is 7.20. The highest BCUT2D eigenvalue weighted by Crippen LogP contribution is 2.26. The minimum Gasteiger partial charge on any atom is -0.270 e. The number of sulfonamides is 1. The molecular weight excluding hydrogens is 298 g/mol. The van der Waals surface area contributed by atoms with Crippen LogP contribution in [0.1, 0.15) is 39.0 Å². The van der Waals surface area contributed by atoms with E-state index >= 15 is 0 Å². The van der Waals surface area contributed by atoms with Crippen molar-refractivity contribution in [2.45, 2.75) is 56.5 Å². The van der Waals surface area contributed by atoms with Gasteiger partial charge in [-0.1, -0.05) is 19.8 Å². The number of rotatable bonds is 5. The van der Waals surface area contributed by atoms with E-state index in [0.717, 1.165) is 32.1 Å². The topological polar surface area (TPSA) is 55.2 Å². The molecule has 0 bridgehead atoms. The number of hydrogen-bond donors (Lipinski definition) is 0. The van der Waals surface area contributed by atoms with Crippen LogP contribution in [0.5, 0.6) is 0 Å². The van der Waals surface area contributed by atoms with Gasteiger partial charge in [0, 0.05) is 24.7 Å². The number of nitrogens with zero attached hydrogens (tertiary/aromatic N) is 3. The predicted molar refractivity (Wildman–Crippen MR) is 79.4 cm³/mol. The maximum Gasteiger partial charge on any atom is 0.246 e. The van der Waals surface area contributed by atoms with Crippen LogP contribution in [0.2, 0.25) is 0 Å². The smallest absolute Gasteiger partial charge is 0.246 e. The summed E-state index contributed by atoms with van der Waals surface area (Å²) in [6, 6.07) is 0.110. The monoisotopic (exact) mass is 319 g/mol. The van der Waals surface area contributed by atoms with Crippen molar-refractivity contribution < 1.29 is 8.42 Å². The SMILES string of the molecule is CCC1CCCCCN1S(=O)(=O)c1cnn(CCCl)c1. The second kappa shape index (κ2) is 6.91. The van der Waals surface area contributed by atoms with E-state index in [0.29, 0.717) is 19.0 Å². The fourth-order valence-corrected chi connectivity index (χ4v) is 4.59. The summed E-state index contributed by atoms with van der Waals surface area (Å²) >= 11 is 5.65. The molecule has 0 spiro atoms. The molecule has 0 aliphatic carbocycles. The van der Waals surface area contributed by atoms with Crippen molar-refractivity contribution in [3.8, 4) is 0 Å². The molecule has 1 aromatic heterocycles. The Morgan fingerprint density at radius 1 is 1.40 bits per heavy atom. The third-order valence-corrected chi connectivity index (χ3v) is 5.90. The molecular formula is C13H22ClN3O2S. The first-order valence-corrected chi connectivity index (χ1v) is 9.17. The molecule has 7 heteroatoms. The Kier molecular flexibility index (Phi) is 5.46. The van der Waals surface area contributed by atoms with Crippen LogP contribution in [0.3, 0.4) is 0 Å². The molecule has 20 heavy (non-hydrogen) atoms.